The Labute approximate surface area is 195 Å². The number of carbonyl (C=O) groups excluding carboxylic acids is 1. The second-order valence-corrected chi connectivity index (χ2v) is 9.48. The molecule has 0 unspecified atom stereocenters. The van der Waals surface area contributed by atoms with E-state index in [1.807, 2.05) is 0 Å². The van der Waals surface area contributed by atoms with Gasteiger partial charge in [-0.1, -0.05) is 23.2 Å². The van der Waals surface area contributed by atoms with Gasteiger partial charge >= 0.3 is 6.61 Å². The number of fused-ring (bicyclic) bond motifs is 3. The number of sulfonamides is 1. The number of alkyl halides is 2. The van der Waals surface area contributed by atoms with Crippen LogP contribution in [0.1, 0.15) is 10.4 Å². The number of primary amides is 1. The summed E-state index contributed by atoms with van der Waals surface area (Å²) in [6.07, 6.45) is 3.44. The molecule has 0 bridgehead atoms. The van der Waals surface area contributed by atoms with Crippen molar-refractivity contribution in [2.45, 2.75) is 6.61 Å². The number of nitrogens with zero attached hydrogens (tertiary/aromatic N) is 1. The van der Waals surface area contributed by atoms with Gasteiger partial charge in [-0.25, -0.2) is 8.42 Å². The van der Waals surface area contributed by atoms with Crippen LogP contribution in [0.25, 0.3) is 33.1 Å². The van der Waals surface area contributed by atoms with Crippen LogP contribution >= 0.6 is 23.2 Å². The zero-order chi connectivity index (χ0) is 24.1. The highest BCUT2D eigenvalue weighted by molar-refractivity contribution is 7.92. The van der Waals surface area contributed by atoms with Gasteiger partial charge in [0.25, 0.3) is 0 Å². The summed E-state index contributed by atoms with van der Waals surface area (Å²) in [6.45, 7) is -3.26. The van der Waals surface area contributed by atoms with Gasteiger partial charge in [0.15, 0.2) is 11.3 Å². The molecular weight excluding hydrogens is 503 g/mol. The number of ether oxygens (including phenoxy) is 1. The van der Waals surface area contributed by atoms with Gasteiger partial charge in [-0.3, -0.25) is 14.5 Å². The van der Waals surface area contributed by atoms with Crippen molar-refractivity contribution in [2.75, 3.05) is 11.0 Å². The lowest BCUT2D eigenvalue weighted by atomic mass is 9.97. The van der Waals surface area contributed by atoms with Crippen molar-refractivity contribution in [1.82, 2.24) is 4.98 Å². The highest BCUT2D eigenvalue weighted by atomic mass is 35.5. The number of carbonyl (C=O) groups is 1. The largest absolute Gasteiger partial charge is 0.452 e. The Morgan fingerprint density at radius 1 is 1.21 bits per heavy atom. The molecule has 1 amide bonds. The molecule has 2 heterocycles. The molecule has 172 valence electrons. The van der Waals surface area contributed by atoms with Crippen LogP contribution in [-0.4, -0.2) is 32.2 Å². The van der Waals surface area contributed by atoms with E-state index in [0.29, 0.717) is 0 Å². The monoisotopic (exact) mass is 515 g/mol. The van der Waals surface area contributed by atoms with E-state index in [1.54, 1.807) is 0 Å². The van der Waals surface area contributed by atoms with Crippen molar-refractivity contribution < 1.29 is 31.1 Å². The predicted molar refractivity (Wildman–Crippen MR) is 121 cm³/mol. The molecule has 3 N–H and O–H groups in total. The molecular formula is C20H13Cl2F2N3O5S. The van der Waals surface area contributed by atoms with Crippen LogP contribution < -0.4 is 15.2 Å². The molecule has 4 rings (SSSR count). The first-order valence-corrected chi connectivity index (χ1v) is 11.7. The van der Waals surface area contributed by atoms with Crippen LogP contribution in [0.2, 0.25) is 10.0 Å². The molecule has 0 saturated carbocycles. The van der Waals surface area contributed by atoms with Crippen molar-refractivity contribution in [2.24, 2.45) is 5.73 Å². The maximum absolute atomic E-state index is 13.4. The molecule has 0 atom stereocenters. The van der Waals surface area contributed by atoms with Crippen molar-refractivity contribution >= 4 is 66.8 Å². The van der Waals surface area contributed by atoms with Gasteiger partial charge in [0.1, 0.15) is 5.58 Å². The van der Waals surface area contributed by atoms with Gasteiger partial charge in [0.05, 0.1) is 21.9 Å². The quantitative estimate of drug-likeness (QED) is 0.371. The van der Waals surface area contributed by atoms with Crippen molar-refractivity contribution in [3.63, 3.8) is 0 Å². The number of hydrogen-bond acceptors (Lipinski definition) is 6. The standard InChI is InChI=1S/C20H13Cl2F2N3O5S/c1-33(29,30)27-8-2-3-14-9(4-8)15-11(19(25)28)5-10(16-12(21)6-26-7-13(16)22)17(18(15)31-14)32-20(23)24/h2-7,20,27H,1H3,(H2,25,28). The lowest BCUT2D eigenvalue weighted by Gasteiger charge is -2.15. The third-order valence-corrected chi connectivity index (χ3v) is 5.77. The van der Waals surface area contributed by atoms with E-state index in [-0.39, 0.29) is 54.4 Å². The van der Waals surface area contributed by atoms with Gasteiger partial charge in [-0.2, -0.15) is 8.78 Å². The predicted octanol–water partition coefficient (Wildman–Crippen LogP) is 5.03. The first kappa shape index (κ1) is 23.0. The Morgan fingerprint density at radius 3 is 2.45 bits per heavy atom. The summed E-state index contributed by atoms with van der Waals surface area (Å²) in [5, 5.41) is 0.305. The van der Waals surface area contributed by atoms with Gasteiger partial charge in [-0.15, -0.1) is 0 Å². The van der Waals surface area contributed by atoms with E-state index >= 15 is 0 Å². The summed E-state index contributed by atoms with van der Waals surface area (Å²) >= 11 is 12.4. The number of nitrogens with two attached hydrogens (primary N) is 1. The first-order chi connectivity index (χ1) is 15.5. The van der Waals surface area contributed by atoms with Crippen LogP contribution in [0.3, 0.4) is 0 Å². The minimum atomic E-state index is -3.62. The number of aromatic nitrogens is 1. The van der Waals surface area contributed by atoms with Gasteiger partial charge in [0.2, 0.25) is 15.9 Å². The zero-order valence-corrected chi connectivity index (χ0v) is 18.9. The van der Waals surface area contributed by atoms with Crippen molar-refractivity contribution in [1.29, 1.82) is 0 Å². The molecule has 0 radical (unpaired) electrons. The summed E-state index contributed by atoms with van der Waals surface area (Å²) in [5.74, 6) is -1.34. The molecule has 2 aromatic carbocycles. The number of anilines is 1. The van der Waals surface area contributed by atoms with Crippen LogP contribution in [0, 0.1) is 0 Å². The minimum Gasteiger partial charge on any atom is -0.452 e. The molecule has 0 aliphatic heterocycles. The van der Waals surface area contributed by atoms with E-state index in [0.717, 1.165) is 6.26 Å². The van der Waals surface area contributed by atoms with E-state index in [9.17, 15) is 22.0 Å². The second kappa shape index (κ2) is 8.32. The van der Waals surface area contributed by atoms with E-state index < -0.39 is 28.3 Å². The lowest BCUT2D eigenvalue weighted by Crippen LogP contribution is -2.13. The fraction of sp³-hybridized carbons (Fsp3) is 0.100. The SMILES string of the molecule is CS(=O)(=O)Nc1ccc2oc3c(OC(F)F)c(-c4c(Cl)cncc4Cl)cc(C(N)=O)c3c2c1. The topological polar surface area (TPSA) is 125 Å². The molecule has 13 heteroatoms. The van der Waals surface area contributed by atoms with E-state index in [2.05, 4.69) is 9.71 Å². The van der Waals surface area contributed by atoms with Gasteiger partial charge in [-0.05, 0) is 24.3 Å². The number of benzene rings is 2. The fourth-order valence-corrected chi connectivity index (χ4v) is 4.58. The van der Waals surface area contributed by atoms with Crippen molar-refractivity contribution in [3.8, 4) is 16.9 Å². The Bertz CT molecular complexity index is 1520. The molecule has 2 aromatic heterocycles. The maximum atomic E-state index is 13.4. The zero-order valence-electron chi connectivity index (χ0n) is 16.5. The molecule has 0 saturated heterocycles. The highest BCUT2D eigenvalue weighted by Gasteiger charge is 2.27. The number of halogens is 4. The maximum Gasteiger partial charge on any atom is 0.387 e. The molecule has 0 spiro atoms. The molecule has 0 aliphatic carbocycles. The van der Waals surface area contributed by atoms with E-state index in [4.69, 9.17) is 38.1 Å². The molecule has 0 fully saturated rings. The van der Waals surface area contributed by atoms with Crippen LogP contribution in [-0.2, 0) is 10.0 Å². The summed E-state index contributed by atoms with van der Waals surface area (Å²) in [6, 6.07) is 5.40. The van der Waals surface area contributed by atoms with E-state index in [1.165, 1.54) is 36.7 Å². The third kappa shape index (κ3) is 4.39. The molecule has 8 nitrogen and oxygen atoms in total. The summed E-state index contributed by atoms with van der Waals surface area (Å²) in [5.41, 5.74) is 5.58. The number of furan rings is 1. The summed E-state index contributed by atoms with van der Waals surface area (Å²) in [4.78, 5) is 16.2. The average molecular weight is 516 g/mol. The number of rotatable bonds is 6. The molecule has 4 aromatic rings. The number of pyridine rings is 1. The fourth-order valence-electron chi connectivity index (χ4n) is 3.46. The molecule has 33 heavy (non-hydrogen) atoms. The van der Waals surface area contributed by atoms with Crippen LogP contribution in [0.15, 0.2) is 41.1 Å². The van der Waals surface area contributed by atoms with Crippen molar-refractivity contribution in [3.05, 3.63) is 52.3 Å². The number of hydrogen-bond donors (Lipinski definition) is 2. The Balaban J connectivity index is 2.15. The number of nitrogens with one attached hydrogen (secondary N) is 1. The normalized spacial score (nSPS) is 11.9. The van der Waals surface area contributed by atoms with Gasteiger partial charge < -0.3 is 14.9 Å². The Morgan fingerprint density at radius 2 is 1.88 bits per heavy atom. The lowest BCUT2D eigenvalue weighted by molar-refractivity contribution is -0.0489. The Hall–Kier alpha value is -3.15. The summed E-state index contributed by atoms with van der Waals surface area (Å²) in [7, 11) is -3.62. The second-order valence-electron chi connectivity index (χ2n) is 6.91. The van der Waals surface area contributed by atoms with Gasteiger partial charge in [0, 0.05) is 40.0 Å². The van der Waals surface area contributed by atoms with Crippen LogP contribution in [0.5, 0.6) is 5.75 Å². The highest BCUT2D eigenvalue weighted by Crippen LogP contribution is 2.47. The third-order valence-electron chi connectivity index (χ3n) is 4.60. The molecule has 0 aliphatic rings. The smallest absolute Gasteiger partial charge is 0.387 e. The Kier molecular flexibility index (Phi) is 5.81. The first-order valence-electron chi connectivity index (χ1n) is 9.01. The summed E-state index contributed by atoms with van der Waals surface area (Å²) < 4.78 is 62.8. The minimum absolute atomic E-state index is 0.00661. The van der Waals surface area contributed by atoms with Crippen LogP contribution in [0.4, 0.5) is 14.5 Å². The average Bonchev–Trinajstić information content (AvgIpc) is 3.06. The number of amides is 1.